The van der Waals surface area contributed by atoms with E-state index in [2.05, 4.69) is 45.1 Å². The molecule has 34 heavy (non-hydrogen) atoms. The molecule has 1 saturated carbocycles. The molecule has 0 bridgehead atoms. The van der Waals surface area contributed by atoms with Gasteiger partial charge in [-0.3, -0.25) is 9.36 Å². The van der Waals surface area contributed by atoms with Crippen LogP contribution in [0, 0.1) is 5.92 Å². The summed E-state index contributed by atoms with van der Waals surface area (Å²) >= 11 is 7.69. The molecule has 5 rings (SSSR count). The summed E-state index contributed by atoms with van der Waals surface area (Å²) in [7, 11) is 0. The molecule has 1 aliphatic carbocycles. The fraction of sp³-hybridized carbons (Fsp3) is 0.423. The molecule has 6 nitrogen and oxygen atoms in total. The Morgan fingerprint density at radius 1 is 1.00 bits per heavy atom. The molecule has 2 heterocycles. The zero-order valence-corrected chi connectivity index (χ0v) is 20.7. The minimum absolute atomic E-state index is 0.183. The van der Waals surface area contributed by atoms with Gasteiger partial charge >= 0.3 is 0 Å². The Bertz CT molecular complexity index is 1110. The minimum Gasteiger partial charge on any atom is -0.484 e. The standard InChI is InChI=1S/C26H29ClN4O2S/c27-22-8-4-5-9-23(22)33-17-24-28-29-26(31(24)21-10-11-21)34-18-25(32)30-14-12-20(13-15-30)16-19-6-2-1-3-7-19/h1-9,20-21H,10-18H2. The number of hydrogen-bond acceptors (Lipinski definition) is 5. The number of likely N-dealkylation sites (tertiary alicyclic amines) is 1. The molecule has 8 heteroatoms. The largest absolute Gasteiger partial charge is 0.484 e. The molecule has 1 saturated heterocycles. The van der Waals surface area contributed by atoms with Crippen molar-refractivity contribution in [3.63, 3.8) is 0 Å². The van der Waals surface area contributed by atoms with Gasteiger partial charge in [-0.2, -0.15) is 0 Å². The van der Waals surface area contributed by atoms with Crippen molar-refractivity contribution in [2.75, 3.05) is 18.8 Å². The van der Waals surface area contributed by atoms with Crippen LogP contribution in [0.5, 0.6) is 5.75 Å². The molecule has 0 unspecified atom stereocenters. The zero-order chi connectivity index (χ0) is 23.3. The summed E-state index contributed by atoms with van der Waals surface area (Å²) in [6.45, 7) is 1.98. The molecule has 0 spiro atoms. The number of halogens is 1. The van der Waals surface area contributed by atoms with Gasteiger partial charge in [0.25, 0.3) is 0 Å². The van der Waals surface area contributed by atoms with Crippen molar-refractivity contribution < 1.29 is 9.53 Å². The molecule has 178 valence electrons. The summed E-state index contributed by atoms with van der Waals surface area (Å²) in [5, 5.41) is 10.1. The maximum Gasteiger partial charge on any atom is 0.233 e. The number of rotatable bonds is 9. The van der Waals surface area contributed by atoms with Gasteiger partial charge in [-0.05, 0) is 55.7 Å². The second-order valence-electron chi connectivity index (χ2n) is 9.02. The number of piperidine rings is 1. The van der Waals surface area contributed by atoms with Crippen LogP contribution in [0.4, 0.5) is 0 Å². The highest BCUT2D eigenvalue weighted by Gasteiger charge is 2.31. The first-order valence-electron chi connectivity index (χ1n) is 11.9. The number of amides is 1. The van der Waals surface area contributed by atoms with Crippen LogP contribution in [0.25, 0.3) is 0 Å². The SMILES string of the molecule is O=C(CSc1nnc(COc2ccccc2Cl)n1C1CC1)N1CCC(Cc2ccccc2)CC1. The summed E-state index contributed by atoms with van der Waals surface area (Å²) in [6, 6.07) is 18.4. The third kappa shape index (κ3) is 5.76. The van der Waals surface area contributed by atoms with Crippen LogP contribution >= 0.6 is 23.4 Å². The molecule has 0 radical (unpaired) electrons. The van der Waals surface area contributed by atoms with Gasteiger partial charge in [-0.1, -0.05) is 65.8 Å². The summed E-state index contributed by atoms with van der Waals surface area (Å²) in [4.78, 5) is 14.9. The van der Waals surface area contributed by atoms with E-state index in [0.717, 1.165) is 56.2 Å². The number of carbonyl (C=O) groups excluding carboxylic acids is 1. The first kappa shape index (κ1) is 23.2. The molecule has 2 fully saturated rings. The fourth-order valence-electron chi connectivity index (χ4n) is 4.46. The van der Waals surface area contributed by atoms with Crippen molar-refractivity contribution in [2.45, 2.75) is 49.9 Å². The Labute approximate surface area is 209 Å². The second kappa shape index (κ2) is 10.8. The molecule has 3 aromatic rings. The summed E-state index contributed by atoms with van der Waals surface area (Å²) in [5.41, 5.74) is 1.39. The lowest BCUT2D eigenvalue weighted by atomic mass is 9.90. The maximum atomic E-state index is 12.9. The Morgan fingerprint density at radius 2 is 1.74 bits per heavy atom. The number of nitrogens with zero attached hydrogens (tertiary/aromatic N) is 4. The third-order valence-electron chi connectivity index (χ3n) is 6.50. The van der Waals surface area contributed by atoms with E-state index in [1.807, 2.05) is 23.1 Å². The van der Waals surface area contributed by atoms with Gasteiger partial charge < -0.3 is 9.64 Å². The number of ether oxygens (including phenoxy) is 1. The molecule has 2 aliphatic rings. The van der Waals surface area contributed by atoms with Gasteiger partial charge in [-0.25, -0.2) is 0 Å². The van der Waals surface area contributed by atoms with Gasteiger partial charge in [0.2, 0.25) is 5.91 Å². The van der Waals surface area contributed by atoms with Crippen LogP contribution in [-0.4, -0.2) is 44.4 Å². The van der Waals surface area contributed by atoms with Gasteiger partial charge in [0, 0.05) is 19.1 Å². The van der Waals surface area contributed by atoms with Gasteiger partial charge in [-0.15, -0.1) is 10.2 Å². The molecule has 0 N–H and O–H groups in total. The lowest BCUT2D eigenvalue weighted by Crippen LogP contribution is -2.39. The Kier molecular flexibility index (Phi) is 7.40. The highest BCUT2D eigenvalue weighted by Crippen LogP contribution is 2.39. The third-order valence-corrected chi connectivity index (χ3v) is 7.74. The van der Waals surface area contributed by atoms with E-state index in [1.54, 1.807) is 6.07 Å². The first-order chi connectivity index (χ1) is 16.7. The average Bonchev–Trinajstić information content (AvgIpc) is 3.63. The van der Waals surface area contributed by atoms with Gasteiger partial charge in [0.15, 0.2) is 11.0 Å². The Hall–Kier alpha value is -2.51. The number of carbonyl (C=O) groups is 1. The average molecular weight is 497 g/mol. The highest BCUT2D eigenvalue weighted by atomic mass is 35.5. The number of para-hydroxylation sites is 1. The van der Waals surface area contributed by atoms with E-state index in [-0.39, 0.29) is 5.91 Å². The summed E-state index contributed by atoms with van der Waals surface area (Å²) in [6.07, 6.45) is 5.43. The van der Waals surface area contributed by atoms with Crippen LogP contribution in [0.15, 0.2) is 59.8 Å². The normalized spacial score (nSPS) is 16.6. The monoisotopic (exact) mass is 496 g/mol. The zero-order valence-electron chi connectivity index (χ0n) is 19.1. The van der Waals surface area contributed by atoms with Crippen LogP contribution < -0.4 is 4.74 Å². The van der Waals surface area contributed by atoms with Gasteiger partial charge in [0.1, 0.15) is 12.4 Å². The van der Waals surface area contributed by atoms with Crippen LogP contribution in [0.1, 0.15) is 43.1 Å². The number of benzene rings is 2. The predicted octanol–water partition coefficient (Wildman–Crippen LogP) is 5.42. The second-order valence-corrected chi connectivity index (χ2v) is 10.4. The minimum atomic E-state index is 0.183. The molecular weight excluding hydrogens is 468 g/mol. The molecule has 0 atom stereocenters. The maximum absolute atomic E-state index is 12.9. The van der Waals surface area contributed by atoms with E-state index < -0.39 is 0 Å². The van der Waals surface area contributed by atoms with Crippen molar-refractivity contribution in [1.82, 2.24) is 19.7 Å². The van der Waals surface area contributed by atoms with Crippen LogP contribution in [-0.2, 0) is 17.8 Å². The van der Waals surface area contributed by atoms with E-state index >= 15 is 0 Å². The Morgan fingerprint density at radius 3 is 2.47 bits per heavy atom. The molecule has 1 amide bonds. The number of thioether (sulfide) groups is 1. The fourth-order valence-corrected chi connectivity index (χ4v) is 5.58. The first-order valence-corrected chi connectivity index (χ1v) is 13.3. The van der Waals surface area contributed by atoms with E-state index in [0.29, 0.717) is 35.1 Å². The quantitative estimate of drug-likeness (QED) is 0.370. The van der Waals surface area contributed by atoms with Crippen molar-refractivity contribution >= 4 is 29.3 Å². The predicted molar refractivity (Wildman–Crippen MR) is 134 cm³/mol. The summed E-state index contributed by atoms with van der Waals surface area (Å²) < 4.78 is 8.03. The molecule has 1 aromatic heterocycles. The number of hydrogen-bond donors (Lipinski definition) is 0. The number of aromatic nitrogens is 3. The van der Waals surface area contributed by atoms with E-state index in [1.165, 1.54) is 17.3 Å². The van der Waals surface area contributed by atoms with Crippen molar-refractivity contribution in [1.29, 1.82) is 0 Å². The van der Waals surface area contributed by atoms with E-state index in [4.69, 9.17) is 16.3 Å². The topological polar surface area (TPSA) is 60.2 Å². The van der Waals surface area contributed by atoms with Crippen molar-refractivity contribution in [3.8, 4) is 5.75 Å². The lowest BCUT2D eigenvalue weighted by Gasteiger charge is -2.32. The van der Waals surface area contributed by atoms with Crippen LogP contribution in [0.3, 0.4) is 0 Å². The summed E-state index contributed by atoms with van der Waals surface area (Å²) in [5.74, 6) is 2.63. The molecule has 2 aromatic carbocycles. The Balaban J connectivity index is 1.13. The smallest absolute Gasteiger partial charge is 0.233 e. The lowest BCUT2D eigenvalue weighted by molar-refractivity contribution is -0.129. The molecular formula is C26H29ClN4O2S. The van der Waals surface area contributed by atoms with Crippen molar-refractivity contribution in [3.05, 3.63) is 71.0 Å². The van der Waals surface area contributed by atoms with Crippen molar-refractivity contribution in [2.24, 2.45) is 5.92 Å². The van der Waals surface area contributed by atoms with Crippen LogP contribution in [0.2, 0.25) is 5.02 Å². The van der Waals surface area contributed by atoms with E-state index in [9.17, 15) is 4.79 Å². The molecule has 1 aliphatic heterocycles. The highest BCUT2D eigenvalue weighted by molar-refractivity contribution is 7.99. The van der Waals surface area contributed by atoms with Gasteiger partial charge in [0.05, 0.1) is 10.8 Å².